The lowest BCUT2D eigenvalue weighted by Gasteiger charge is -2.05. The zero-order valence-corrected chi connectivity index (χ0v) is 12.7. The highest BCUT2D eigenvalue weighted by Gasteiger charge is 2.17. The molecule has 114 valence electrons. The van der Waals surface area contributed by atoms with Crippen LogP contribution in [-0.4, -0.2) is 23.4 Å². The van der Waals surface area contributed by atoms with Crippen molar-refractivity contribution in [2.45, 2.75) is 6.92 Å². The molecule has 0 atom stereocenters. The highest BCUT2D eigenvalue weighted by Crippen LogP contribution is 2.33. The number of benzene rings is 2. The quantitative estimate of drug-likeness (QED) is 0.523. The van der Waals surface area contributed by atoms with E-state index in [2.05, 4.69) is 4.99 Å². The Balaban J connectivity index is 2.47. The molecule has 1 N–H and O–H groups in total. The van der Waals surface area contributed by atoms with E-state index in [0.29, 0.717) is 11.4 Å². The van der Waals surface area contributed by atoms with Gasteiger partial charge in [-0.15, -0.1) is 0 Å². The second-order valence-corrected chi connectivity index (χ2v) is 4.99. The first kappa shape index (κ1) is 15.8. The summed E-state index contributed by atoms with van der Waals surface area (Å²) in [6.07, 6.45) is 1.31. The molecule has 0 unspecified atom stereocenters. The molecular formula is C15H13ClN2O4. The molecule has 6 nitrogen and oxygen atoms in total. The fraction of sp³-hybridized carbons (Fsp3) is 0.133. The first-order valence-corrected chi connectivity index (χ1v) is 6.65. The molecule has 0 fully saturated rings. The van der Waals surface area contributed by atoms with Crippen LogP contribution in [0.5, 0.6) is 11.5 Å². The van der Waals surface area contributed by atoms with Gasteiger partial charge in [0.15, 0.2) is 0 Å². The van der Waals surface area contributed by atoms with Crippen LogP contribution in [0.3, 0.4) is 0 Å². The molecule has 0 aromatic heterocycles. The van der Waals surface area contributed by atoms with E-state index < -0.39 is 16.4 Å². The van der Waals surface area contributed by atoms with Gasteiger partial charge < -0.3 is 9.84 Å². The zero-order valence-electron chi connectivity index (χ0n) is 11.9. The van der Waals surface area contributed by atoms with Gasteiger partial charge in [-0.3, -0.25) is 15.1 Å². The number of hydrogen-bond donors (Lipinski definition) is 1. The molecule has 0 saturated carbocycles. The van der Waals surface area contributed by atoms with Crippen LogP contribution >= 0.6 is 11.6 Å². The first-order chi connectivity index (χ1) is 10.4. The highest BCUT2D eigenvalue weighted by molar-refractivity contribution is 6.31. The Morgan fingerprint density at radius 2 is 2.09 bits per heavy atom. The number of nitrogens with zero attached hydrogens (tertiary/aromatic N) is 2. The van der Waals surface area contributed by atoms with Crippen LogP contribution in [0.1, 0.15) is 11.1 Å². The molecule has 2 aromatic rings. The fourth-order valence-corrected chi connectivity index (χ4v) is 2.10. The van der Waals surface area contributed by atoms with Crippen molar-refractivity contribution in [2.75, 3.05) is 7.11 Å². The maximum Gasteiger partial charge on any atom is 0.312 e. The minimum absolute atomic E-state index is 0.141. The normalized spacial score (nSPS) is 10.9. The highest BCUT2D eigenvalue weighted by atomic mass is 35.5. The van der Waals surface area contributed by atoms with Gasteiger partial charge in [0.2, 0.25) is 5.75 Å². The monoisotopic (exact) mass is 320 g/mol. The van der Waals surface area contributed by atoms with Crippen LogP contribution in [0.25, 0.3) is 0 Å². The molecule has 0 aliphatic carbocycles. The largest absolute Gasteiger partial charge is 0.502 e. The third-order valence-electron chi connectivity index (χ3n) is 2.96. The van der Waals surface area contributed by atoms with E-state index in [-0.39, 0.29) is 10.6 Å². The molecule has 0 bridgehead atoms. The van der Waals surface area contributed by atoms with E-state index in [1.807, 2.05) is 13.0 Å². The van der Waals surface area contributed by atoms with Crippen LogP contribution in [0.2, 0.25) is 5.02 Å². The lowest BCUT2D eigenvalue weighted by molar-refractivity contribution is -0.385. The number of nitro groups is 1. The van der Waals surface area contributed by atoms with Crippen molar-refractivity contribution in [3.8, 4) is 11.5 Å². The first-order valence-electron chi connectivity index (χ1n) is 6.28. The number of nitro benzene ring substituents is 1. The molecule has 0 radical (unpaired) electrons. The fourth-order valence-electron chi connectivity index (χ4n) is 1.88. The molecule has 2 aromatic carbocycles. The van der Waals surface area contributed by atoms with Crippen molar-refractivity contribution in [1.82, 2.24) is 0 Å². The number of aliphatic imine (C=N–C) groups is 1. The second-order valence-electron chi connectivity index (χ2n) is 4.55. The number of phenolic OH excluding ortho intramolecular Hbond substituents is 1. The number of methoxy groups -OCH3 is 1. The van der Waals surface area contributed by atoms with Gasteiger partial charge in [-0.2, -0.15) is 0 Å². The zero-order chi connectivity index (χ0) is 16.3. The molecule has 22 heavy (non-hydrogen) atoms. The smallest absolute Gasteiger partial charge is 0.312 e. The summed E-state index contributed by atoms with van der Waals surface area (Å²) in [7, 11) is 1.52. The average Bonchev–Trinajstić information content (AvgIpc) is 2.47. The van der Waals surface area contributed by atoms with Crippen molar-refractivity contribution in [3.05, 3.63) is 56.6 Å². The lowest BCUT2D eigenvalue weighted by Crippen LogP contribution is -1.93. The number of hydrogen-bond acceptors (Lipinski definition) is 5. The lowest BCUT2D eigenvalue weighted by atomic mass is 10.1. The summed E-state index contributed by atoms with van der Waals surface area (Å²) in [6, 6.07) is 7.92. The van der Waals surface area contributed by atoms with Crippen molar-refractivity contribution in [1.29, 1.82) is 0 Å². The van der Waals surface area contributed by atoms with E-state index in [1.54, 1.807) is 12.1 Å². The van der Waals surface area contributed by atoms with Crippen LogP contribution < -0.4 is 4.74 Å². The molecule has 0 aliphatic heterocycles. The number of aryl methyl sites for hydroxylation is 1. The van der Waals surface area contributed by atoms with Crippen LogP contribution in [-0.2, 0) is 0 Å². The second kappa shape index (κ2) is 6.44. The van der Waals surface area contributed by atoms with E-state index >= 15 is 0 Å². The van der Waals surface area contributed by atoms with Crippen molar-refractivity contribution in [2.24, 2.45) is 4.99 Å². The van der Waals surface area contributed by atoms with Crippen molar-refractivity contribution < 1.29 is 14.8 Å². The van der Waals surface area contributed by atoms with Crippen LogP contribution in [0.15, 0.2) is 35.3 Å². The summed E-state index contributed by atoms with van der Waals surface area (Å²) in [5.41, 5.74) is 1.21. The minimum atomic E-state index is -0.703. The Kier molecular flexibility index (Phi) is 4.62. The van der Waals surface area contributed by atoms with E-state index in [0.717, 1.165) is 11.6 Å². The predicted molar refractivity (Wildman–Crippen MR) is 84.8 cm³/mol. The summed E-state index contributed by atoms with van der Waals surface area (Å²) >= 11 is 5.83. The number of ether oxygens (including phenoxy) is 1. The van der Waals surface area contributed by atoms with E-state index in [1.165, 1.54) is 19.4 Å². The van der Waals surface area contributed by atoms with Gasteiger partial charge in [-0.1, -0.05) is 17.7 Å². The third kappa shape index (κ3) is 3.35. The van der Waals surface area contributed by atoms with E-state index in [9.17, 15) is 15.2 Å². The molecule has 0 saturated heterocycles. The molecule has 2 rings (SSSR count). The molecule has 0 heterocycles. The Hall–Kier alpha value is -2.60. The standard InChI is InChI=1S/C15H13ClN2O4/c1-9-3-4-14(22-2)12(5-9)17-8-10-6-11(16)7-13(15(10)19)18(20)21/h3-8,19H,1-2H3. The van der Waals surface area contributed by atoms with Gasteiger partial charge in [0.05, 0.1) is 12.0 Å². The van der Waals surface area contributed by atoms with Gasteiger partial charge in [-0.05, 0) is 30.7 Å². The van der Waals surface area contributed by atoms with Crippen LogP contribution in [0.4, 0.5) is 11.4 Å². The third-order valence-corrected chi connectivity index (χ3v) is 3.18. The van der Waals surface area contributed by atoms with Gasteiger partial charge >= 0.3 is 5.69 Å². The molecule has 0 amide bonds. The van der Waals surface area contributed by atoms with Gasteiger partial charge in [0.25, 0.3) is 0 Å². The van der Waals surface area contributed by atoms with Crippen molar-refractivity contribution >= 4 is 29.2 Å². The Bertz CT molecular complexity index is 759. The Morgan fingerprint density at radius 3 is 2.73 bits per heavy atom. The summed E-state index contributed by atoms with van der Waals surface area (Å²) in [5, 5.41) is 20.9. The van der Waals surface area contributed by atoms with Gasteiger partial charge in [-0.25, -0.2) is 0 Å². The maximum atomic E-state index is 10.9. The Labute approximate surface area is 131 Å². The minimum Gasteiger partial charge on any atom is -0.502 e. The molecule has 7 heteroatoms. The summed E-state index contributed by atoms with van der Waals surface area (Å²) < 4.78 is 5.19. The molecule has 0 aliphatic rings. The average molecular weight is 321 g/mol. The number of rotatable bonds is 4. The molecular weight excluding hydrogens is 308 g/mol. The predicted octanol–water partition coefficient (Wildman–Crippen LogP) is 4.02. The topological polar surface area (TPSA) is 85.0 Å². The van der Waals surface area contributed by atoms with Gasteiger partial charge in [0, 0.05) is 22.9 Å². The maximum absolute atomic E-state index is 10.9. The number of phenols is 1. The summed E-state index contributed by atoms with van der Waals surface area (Å²) in [4.78, 5) is 14.4. The van der Waals surface area contributed by atoms with Crippen LogP contribution in [0, 0.1) is 17.0 Å². The number of halogens is 1. The molecule has 0 spiro atoms. The Morgan fingerprint density at radius 1 is 1.36 bits per heavy atom. The van der Waals surface area contributed by atoms with Crippen molar-refractivity contribution in [3.63, 3.8) is 0 Å². The van der Waals surface area contributed by atoms with E-state index in [4.69, 9.17) is 16.3 Å². The SMILES string of the molecule is COc1ccc(C)cc1N=Cc1cc(Cl)cc([N+](=O)[O-])c1O. The number of aromatic hydroxyl groups is 1. The summed E-state index contributed by atoms with van der Waals surface area (Å²) in [5.74, 6) is 0.0719. The summed E-state index contributed by atoms with van der Waals surface area (Å²) in [6.45, 7) is 1.90. The van der Waals surface area contributed by atoms with Gasteiger partial charge in [0.1, 0.15) is 11.4 Å².